The van der Waals surface area contributed by atoms with Gasteiger partial charge in [0.2, 0.25) is 5.91 Å². The summed E-state index contributed by atoms with van der Waals surface area (Å²) in [5.74, 6) is 0.913. The van der Waals surface area contributed by atoms with Gasteiger partial charge >= 0.3 is 0 Å². The van der Waals surface area contributed by atoms with E-state index in [4.69, 9.17) is 4.74 Å². The Bertz CT molecular complexity index is 468. The van der Waals surface area contributed by atoms with Crippen LogP contribution in [-0.4, -0.2) is 30.5 Å². The number of ether oxygens (including phenoxy) is 1. The minimum atomic E-state index is 0.106. The van der Waals surface area contributed by atoms with E-state index in [-0.39, 0.29) is 5.91 Å². The monoisotopic (exact) mass is 259 g/mol. The predicted molar refractivity (Wildman–Crippen MR) is 77.1 cm³/mol. The van der Waals surface area contributed by atoms with Gasteiger partial charge in [0.1, 0.15) is 5.75 Å². The lowest BCUT2D eigenvalue weighted by molar-refractivity contribution is -0.129. The number of methoxy groups -OCH3 is 1. The maximum atomic E-state index is 12.1. The number of hydrogen-bond acceptors (Lipinski definition) is 2. The second kappa shape index (κ2) is 6.41. The van der Waals surface area contributed by atoms with E-state index in [1.54, 1.807) is 13.2 Å². The summed E-state index contributed by atoms with van der Waals surface area (Å²) in [7, 11) is 1.64. The van der Waals surface area contributed by atoms with Crippen LogP contribution in [-0.2, 0) is 4.79 Å². The molecular formula is C16H21NO2. The van der Waals surface area contributed by atoms with Gasteiger partial charge in [0, 0.05) is 18.7 Å². The largest absolute Gasteiger partial charge is 0.497 e. The molecule has 0 spiro atoms. The number of hydrogen-bond donors (Lipinski definition) is 0. The minimum absolute atomic E-state index is 0.106. The van der Waals surface area contributed by atoms with Crippen LogP contribution in [0.5, 0.6) is 5.75 Å². The average molecular weight is 259 g/mol. The number of carbonyl (C=O) groups is 1. The quantitative estimate of drug-likeness (QED) is 0.781. The van der Waals surface area contributed by atoms with Crippen molar-refractivity contribution < 1.29 is 9.53 Å². The van der Waals surface area contributed by atoms with Crippen molar-refractivity contribution in [2.75, 3.05) is 13.7 Å². The Labute approximate surface area is 114 Å². The molecule has 19 heavy (non-hydrogen) atoms. The van der Waals surface area contributed by atoms with Crippen molar-refractivity contribution in [3.8, 4) is 5.75 Å². The molecule has 1 fully saturated rings. The molecule has 3 nitrogen and oxygen atoms in total. The molecule has 0 saturated carbocycles. The summed E-state index contributed by atoms with van der Waals surface area (Å²) >= 11 is 0. The van der Waals surface area contributed by atoms with Crippen molar-refractivity contribution in [2.45, 2.75) is 32.2 Å². The molecule has 0 bridgehead atoms. The minimum Gasteiger partial charge on any atom is -0.497 e. The third-order valence-electron chi connectivity index (χ3n) is 3.60. The molecule has 1 aromatic rings. The van der Waals surface area contributed by atoms with Crippen LogP contribution in [0.25, 0.3) is 6.08 Å². The van der Waals surface area contributed by atoms with Crippen LogP contribution in [0, 0.1) is 0 Å². The second-order valence-electron chi connectivity index (χ2n) is 4.99. The van der Waals surface area contributed by atoms with Crippen molar-refractivity contribution in [2.24, 2.45) is 0 Å². The van der Waals surface area contributed by atoms with E-state index < -0.39 is 0 Å². The van der Waals surface area contributed by atoms with E-state index in [9.17, 15) is 4.79 Å². The van der Waals surface area contributed by atoms with Crippen molar-refractivity contribution in [1.29, 1.82) is 0 Å². The predicted octanol–water partition coefficient (Wildman–Crippen LogP) is 3.11. The summed E-state index contributed by atoms with van der Waals surface area (Å²) in [5, 5.41) is 0. The number of amides is 1. The second-order valence-corrected chi connectivity index (χ2v) is 4.99. The lowest BCUT2D eigenvalue weighted by atomic mass is 10.0. The Kier molecular flexibility index (Phi) is 4.61. The first-order valence-corrected chi connectivity index (χ1v) is 6.83. The Balaban J connectivity index is 2.02. The van der Waals surface area contributed by atoms with Crippen LogP contribution in [0.15, 0.2) is 30.3 Å². The van der Waals surface area contributed by atoms with E-state index >= 15 is 0 Å². The Hall–Kier alpha value is -1.77. The van der Waals surface area contributed by atoms with Gasteiger partial charge in [-0.1, -0.05) is 12.1 Å². The molecule has 0 radical (unpaired) electrons. The highest BCUT2D eigenvalue weighted by Crippen LogP contribution is 2.18. The molecule has 1 amide bonds. The standard InChI is InChI=1S/C16H21NO2/c1-13-6-3-4-11-17(13)16(18)10-9-14-7-5-8-15(12-14)19-2/h5,7-10,12-13H,3-4,6,11H2,1-2H3/b10-9+. The van der Waals surface area contributed by atoms with Crippen LogP contribution in [0.1, 0.15) is 31.7 Å². The van der Waals surface area contributed by atoms with Gasteiger partial charge in [0.25, 0.3) is 0 Å². The van der Waals surface area contributed by atoms with Crippen LogP contribution >= 0.6 is 0 Å². The van der Waals surface area contributed by atoms with Crippen LogP contribution in [0.2, 0.25) is 0 Å². The number of rotatable bonds is 3. The number of piperidine rings is 1. The maximum absolute atomic E-state index is 12.1. The van der Waals surface area contributed by atoms with Crippen LogP contribution in [0.3, 0.4) is 0 Å². The molecule has 0 aromatic heterocycles. The third-order valence-corrected chi connectivity index (χ3v) is 3.60. The zero-order valence-corrected chi connectivity index (χ0v) is 11.6. The SMILES string of the molecule is COc1cccc(/C=C/C(=O)N2CCCCC2C)c1. The maximum Gasteiger partial charge on any atom is 0.246 e. The van der Waals surface area contributed by atoms with Gasteiger partial charge in [-0.05, 0) is 50.0 Å². The number of likely N-dealkylation sites (tertiary alicyclic amines) is 1. The summed E-state index contributed by atoms with van der Waals surface area (Å²) in [6.07, 6.45) is 6.97. The average Bonchev–Trinajstić information content (AvgIpc) is 2.45. The zero-order valence-electron chi connectivity index (χ0n) is 11.6. The Morgan fingerprint density at radius 2 is 2.26 bits per heavy atom. The molecule has 0 N–H and O–H groups in total. The molecule has 3 heteroatoms. The van der Waals surface area contributed by atoms with Gasteiger partial charge in [-0.2, -0.15) is 0 Å². The van der Waals surface area contributed by atoms with Crippen LogP contribution < -0.4 is 4.74 Å². The summed E-state index contributed by atoms with van der Waals surface area (Å²) in [6, 6.07) is 8.06. The lowest BCUT2D eigenvalue weighted by Crippen LogP contribution is -2.41. The Morgan fingerprint density at radius 1 is 1.42 bits per heavy atom. The molecule has 2 rings (SSSR count). The molecule has 102 valence electrons. The van der Waals surface area contributed by atoms with Crippen molar-refractivity contribution >= 4 is 12.0 Å². The summed E-state index contributed by atoms with van der Waals surface area (Å²) in [4.78, 5) is 14.1. The van der Waals surface area contributed by atoms with Gasteiger partial charge in [-0.3, -0.25) is 4.79 Å². The topological polar surface area (TPSA) is 29.5 Å². The molecule has 1 aliphatic rings. The van der Waals surface area contributed by atoms with E-state index in [1.165, 1.54) is 6.42 Å². The molecule has 1 aliphatic heterocycles. The van der Waals surface area contributed by atoms with Gasteiger partial charge in [0.05, 0.1) is 7.11 Å². The molecule has 1 unspecified atom stereocenters. The highest BCUT2D eigenvalue weighted by Gasteiger charge is 2.20. The van der Waals surface area contributed by atoms with Gasteiger partial charge in [0.15, 0.2) is 0 Å². The number of benzene rings is 1. The van der Waals surface area contributed by atoms with Gasteiger partial charge in [-0.15, -0.1) is 0 Å². The van der Waals surface area contributed by atoms with E-state index in [0.717, 1.165) is 30.7 Å². The fourth-order valence-corrected chi connectivity index (χ4v) is 2.43. The first-order valence-electron chi connectivity index (χ1n) is 6.83. The molecule has 1 saturated heterocycles. The summed E-state index contributed by atoms with van der Waals surface area (Å²) in [6.45, 7) is 3.00. The molecule has 1 atom stereocenters. The fourth-order valence-electron chi connectivity index (χ4n) is 2.43. The van der Waals surface area contributed by atoms with E-state index in [1.807, 2.05) is 35.2 Å². The van der Waals surface area contributed by atoms with Crippen molar-refractivity contribution in [3.05, 3.63) is 35.9 Å². The van der Waals surface area contributed by atoms with Crippen molar-refractivity contribution in [1.82, 2.24) is 4.90 Å². The van der Waals surface area contributed by atoms with Gasteiger partial charge < -0.3 is 9.64 Å². The lowest BCUT2D eigenvalue weighted by Gasteiger charge is -2.32. The van der Waals surface area contributed by atoms with Crippen LogP contribution in [0.4, 0.5) is 0 Å². The smallest absolute Gasteiger partial charge is 0.246 e. The number of nitrogens with zero attached hydrogens (tertiary/aromatic N) is 1. The molecule has 1 heterocycles. The fraction of sp³-hybridized carbons (Fsp3) is 0.438. The van der Waals surface area contributed by atoms with Crippen molar-refractivity contribution in [3.63, 3.8) is 0 Å². The van der Waals surface area contributed by atoms with E-state index in [0.29, 0.717) is 6.04 Å². The first-order chi connectivity index (χ1) is 9.20. The zero-order chi connectivity index (χ0) is 13.7. The molecule has 1 aromatic carbocycles. The summed E-state index contributed by atoms with van der Waals surface area (Å²) in [5.41, 5.74) is 0.984. The van der Waals surface area contributed by atoms with E-state index in [2.05, 4.69) is 6.92 Å². The van der Waals surface area contributed by atoms with Gasteiger partial charge in [-0.25, -0.2) is 0 Å². The Morgan fingerprint density at radius 3 is 3.00 bits per heavy atom. The molecule has 0 aliphatic carbocycles. The normalized spacial score (nSPS) is 19.7. The summed E-state index contributed by atoms with van der Waals surface area (Å²) < 4.78 is 5.17. The number of carbonyl (C=O) groups excluding carboxylic acids is 1. The third kappa shape index (κ3) is 3.60. The highest BCUT2D eigenvalue weighted by atomic mass is 16.5. The molecular weight excluding hydrogens is 238 g/mol. The highest BCUT2D eigenvalue weighted by molar-refractivity contribution is 5.92. The first kappa shape index (κ1) is 13.7.